The molecule has 0 N–H and O–H groups in total. The van der Waals surface area contributed by atoms with Crippen LogP contribution in [0.3, 0.4) is 0 Å². The zero-order valence-electron chi connectivity index (χ0n) is 7.04. The van der Waals surface area contributed by atoms with Crippen LogP contribution >= 0.6 is 15.9 Å². The molecule has 0 aromatic rings. The molecule has 0 aromatic heterocycles. The molecule has 0 spiro atoms. The molecule has 0 saturated carbocycles. The first kappa shape index (κ1) is 8.62. The SMILES string of the molecule is [B]C1CC=CC2C(Br)=CCCC12. The fraction of sp³-hybridized carbons (Fsp3) is 0.600. The quantitative estimate of drug-likeness (QED) is 0.436. The molecule has 0 bridgehead atoms. The van der Waals surface area contributed by atoms with Crippen LogP contribution in [0, 0.1) is 11.8 Å². The summed E-state index contributed by atoms with van der Waals surface area (Å²) in [5.41, 5.74) is 0. The summed E-state index contributed by atoms with van der Waals surface area (Å²) < 4.78 is 1.34. The van der Waals surface area contributed by atoms with Gasteiger partial charge in [0.05, 0.1) is 7.85 Å². The Morgan fingerprint density at radius 2 is 2.33 bits per heavy atom. The Labute approximate surface area is 83.7 Å². The van der Waals surface area contributed by atoms with Gasteiger partial charge >= 0.3 is 0 Å². The summed E-state index contributed by atoms with van der Waals surface area (Å²) in [6.07, 6.45) is 10.3. The third kappa shape index (κ3) is 1.41. The van der Waals surface area contributed by atoms with Gasteiger partial charge in [0.25, 0.3) is 0 Å². The summed E-state index contributed by atoms with van der Waals surface area (Å²) >= 11 is 3.61. The zero-order chi connectivity index (χ0) is 8.55. The van der Waals surface area contributed by atoms with Gasteiger partial charge in [0, 0.05) is 5.92 Å². The normalized spacial score (nSPS) is 40.4. The molecule has 0 fully saturated rings. The van der Waals surface area contributed by atoms with Crippen molar-refractivity contribution in [2.24, 2.45) is 11.8 Å². The molecule has 2 aliphatic carbocycles. The van der Waals surface area contributed by atoms with E-state index in [1.807, 2.05) is 0 Å². The second-order valence-electron chi connectivity index (χ2n) is 3.68. The van der Waals surface area contributed by atoms with Gasteiger partial charge in [-0.2, -0.15) is 0 Å². The number of allylic oxidation sites excluding steroid dienone is 4. The summed E-state index contributed by atoms with van der Waals surface area (Å²) in [7, 11) is 6.05. The molecule has 0 saturated heterocycles. The van der Waals surface area contributed by atoms with Crippen LogP contribution < -0.4 is 0 Å². The van der Waals surface area contributed by atoms with Gasteiger partial charge in [0.2, 0.25) is 0 Å². The van der Waals surface area contributed by atoms with E-state index in [1.165, 1.54) is 17.3 Å². The summed E-state index contributed by atoms with van der Waals surface area (Å²) in [6.45, 7) is 0. The summed E-state index contributed by atoms with van der Waals surface area (Å²) in [5.74, 6) is 1.62. The van der Waals surface area contributed by atoms with E-state index in [0.29, 0.717) is 17.7 Å². The number of hydrogen-bond acceptors (Lipinski definition) is 0. The van der Waals surface area contributed by atoms with E-state index >= 15 is 0 Å². The Morgan fingerprint density at radius 3 is 3.08 bits per heavy atom. The maximum Gasteiger partial charge on any atom is 0.0707 e. The van der Waals surface area contributed by atoms with E-state index < -0.39 is 0 Å². The third-order valence-corrected chi connectivity index (χ3v) is 3.77. The molecular weight excluding hydrogens is 211 g/mol. The average Bonchev–Trinajstić information content (AvgIpc) is 2.07. The van der Waals surface area contributed by atoms with Gasteiger partial charge in [-0.3, -0.25) is 0 Å². The smallest absolute Gasteiger partial charge is 0.0707 e. The molecule has 12 heavy (non-hydrogen) atoms. The molecule has 0 aromatic carbocycles. The van der Waals surface area contributed by atoms with Crippen molar-refractivity contribution in [1.29, 1.82) is 0 Å². The summed E-state index contributed by atoms with van der Waals surface area (Å²) in [4.78, 5) is 0. The van der Waals surface area contributed by atoms with Gasteiger partial charge in [-0.05, 0) is 29.7 Å². The van der Waals surface area contributed by atoms with E-state index in [9.17, 15) is 0 Å². The van der Waals surface area contributed by atoms with Gasteiger partial charge in [0.15, 0.2) is 0 Å². The van der Waals surface area contributed by atoms with Crippen LogP contribution in [0.15, 0.2) is 22.7 Å². The predicted octanol–water partition coefficient (Wildman–Crippen LogP) is 3.21. The largest absolute Gasteiger partial charge is 0.0883 e. The Kier molecular flexibility index (Phi) is 2.45. The van der Waals surface area contributed by atoms with E-state index in [0.717, 1.165) is 6.42 Å². The molecule has 2 radical (unpaired) electrons. The van der Waals surface area contributed by atoms with Crippen molar-refractivity contribution >= 4 is 23.8 Å². The number of halogens is 1. The lowest BCUT2D eigenvalue weighted by Gasteiger charge is -2.36. The first-order valence-electron chi connectivity index (χ1n) is 4.57. The van der Waals surface area contributed by atoms with Gasteiger partial charge in [-0.1, -0.05) is 40.0 Å². The van der Waals surface area contributed by atoms with Crippen molar-refractivity contribution in [3.05, 3.63) is 22.7 Å². The molecule has 0 nitrogen and oxygen atoms in total. The molecular formula is C10H12BBr. The van der Waals surface area contributed by atoms with E-state index in [1.54, 1.807) is 0 Å². The fourth-order valence-corrected chi connectivity index (χ4v) is 2.93. The molecule has 3 unspecified atom stereocenters. The highest BCUT2D eigenvalue weighted by molar-refractivity contribution is 9.11. The Bertz CT molecular complexity index is 232. The topological polar surface area (TPSA) is 0 Å². The van der Waals surface area contributed by atoms with Gasteiger partial charge in [-0.15, -0.1) is 0 Å². The highest BCUT2D eigenvalue weighted by Gasteiger charge is 2.30. The Hall–Kier alpha value is 0.0249. The monoisotopic (exact) mass is 222 g/mol. The molecule has 3 atom stereocenters. The van der Waals surface area contributed by atoms with Crippen molar-refractivity contribution in [2.45, 2.75) is 25.1 Å². The summed E-state index contributed by atoms with van der Waals surface area (Å²) in [6, 6.07) is 0. The van der Waals surface area contributed by atoms with Crippen molar-refractivity contribution in [3.8, 4) is 0 Å². The Morgan fingerprint density at radius 1 is 1.50 bits per heavy atom. The molecule has 2 heteroatoms. The highest BCUT2D eigenvalue weighted by atomic mass is 79.9. The second-order valence-corrected chi connectivity index (χ2v) is 4.60. The fourth-order valence-electron chi connectivity index (χ4n) is 2.21. The van der Waals surface area contributed by atoms with Crippen LogP contribution in [-0.4, -0.2) is 7.85 Å². The van der Waals surface area contributed by atoms with Crippen LogP contribution in [0.25, 0.3) is 0 Å². The minimum Gasteiger partial charge on any atom is -0.0883 e. The molecule has 0 heterocycles. The standard InChI is InChI=1S/C10H12BBr/c11-9-5-1-4-8-7(9)3-2-6-10(8)12/h1,4,6-9H,2-3,5H2. The Balaban J connectivity index is 2.25. The van der Waals surface area contributed by atoms with Gasteiger partial charge in [0.1, 0.15) is 0 Å². The first-order valence-corrected chi connectivity index (χ1v) is 5.36. The molecule has 0 aliphatic heterocycles. The molecule has 0 amide bonds. The molecule has 2 rings (SSSR count). The van der Waals surface area contributed by atoms with Crippen LogP contribution in [0.2, 0.25) is 5.82 Å². The number of fused-ring (bicyclic) bond motifs is 1. The number of hydrogen-bond donors (Lipinski definition) is 0. The highest BCUT2D eigenvalue weighted by Crippen LogP contribution is 2.44. The summed E-state index contributed by atoms with van der Waals surface area (Å²) in [5, 5.41) is 0. The lowest BCUT2D eigenvalue weighted by molar-refractivity contribution is 0.366. The zero-order valence-corrected chi connectivity index (χ0v) is 8.63. The van der Waals surface area contributed by atoms with Crippen LogP contribution in [0.1, 0.15) is 19.3 Å². The predicted molar refractivity (Wildman–Crippen MR) is 56.5 cm³/mol. The maximum atomic E-state index is 6.05. The van der Waals surface area contributed by atoms with E-state index in [-0.39, 0.29) is 0 Å². The average molecular weight is 223 g/mol. The van der Waals surface area contributed by atoms with Crippen LogP contribution in [0.5, 0.6) is 0 Å². The molecule has 62 valence electrons. The van der Waals surface area contributed by atoms with Gasteiger partial charge < -0.3 is 0 Å². The minimum atomic E-state index is 0.376. The molecule has 2 aliphatic rings. The first-order chi connectivity index (χ1) is 5.79. The van der Waals surface area contributed by atoms with Gasteiger partial charge in [-0.25, -0.2) is 0 Å². The lowest BCUT2D eigenvalue weighted by Crippen LogP contribution is -2.24. The minimum absolute atomic E-state index is 0.376. The maximum absolute atomic E-state index is 6.05. The number of rotatable bonds is 0. The van der Waals surface area contributed by atoms with E-state index in [2.05, 4.69) is 34.2 Å². The van der Waals surface area contributed by atoms with Crippen molar-refractivity contribution in [2.75, 3.05) is 0 Å². The van der Waals surface area contributed by atoms with Crippen molar-refractivity contribution in [3.63, 3.8) is 0 Å². The van der Waals surface area contributed by atoms with Crippen molar-refractivity contribution in [1.82, 2.24) is 0 Å². The van der Waals surface area contributed by atoms with Crippen LogP contribution in [0.4, 0.5) is 0 Å². The van der Waals surface area contributed by atoms with Crippen molar-refractivity contribution < 1.29 is 0 Å². The second kappa shape index (κ2) is 3.41. The van der Waals surface area contributed by atoms with Crippen LogP contribution in [-0.2, 0) is 0 Å². The third-order valence-electron chi connectivity index (χ3n) is 2.92. The van der Waals surface area contributed by atoms with E-state index in [4.69, 9.17) is 7.85 Å². The lowest BCUT2D eigenvalue weighted by atomic mass is 9.63.